The fraction of sp³-hybridized carbons (Fsp3) is 0.667. The van der Waals surface area contributed by atoms with Crippen LogP contribution in [0.25, 0.3) is 0 Å². The van der Waals surface area contributed by atoms with Gasteiger partial charge in [0.05, 0.1) is 0 Å². The summed E-state index contributed by atoms with van der Waals surface area (Å²) in [6.45, 7) is 4.21. The zero-order valence-electron chi connectivity index (χ0n) is 7.51. The van der Waals surface area contributed by atoms with Crippen molar-refractivity contribution in [3.63, 3.8) is 0 Å². The first kappa shape index (κ1) is 29.2. The molecule has 0 aliphatic carbocycles. The van der Waals surface area contributed by atoms with E-state index in [1.54, 1.807) is 0 Å². The van der Waals surface area contributed by atoms with Crippen molar-refractivity contribution in [3.8, 4) is 0 Å². The summed E-state index contributed by atoms with van der Waals surface area (Å²) >= 11 is 3.15. The van der Waals surface area contributed by atoms with Crippen molar-refractivity contribution >= 4 is 27.9 Å². The Bertz CT molecular complexity index is 92.8. The fourth-order valence-electron chi connectivity index (χ4n) is 0. The summed E-state index contributed by atoms with van der Waals surface area (Å²) in [5.41, 5.74) is 0. The van der Waals surface area contributed by atoms with Gasteiger partial charge < -0.3 is 10.2 Å². The number of hydrogen-bond donors (Lipinski definition) is 2. The molecule has 4 nitrogen and oxygen atoms in total. The van der Waals surface area contributed by atoms with Crippen LogP contribution < -0.4 is 0 Å². The molecule has 0 aromatic rings. The van der Waals surface area contributed by atoms with Crippen molar-refractivity contribution in [2.24, 2.45) is 0 Å². The molecule has 84 valence electrons. The number of carboxylic acids is 2. The second kappa shape index (κ2) is 29.4. The van der Waals surface area contributed by atoms with Gasteiger partial charge in [-0.05, 0) is 0 Å². The topological polar surface area (TPSA) is 74.6 Å². The van der Waals surface area contributed by atoms with Crippen molar-refractivity contribution in [1.29, 1.82) is 0 Å². The first-order valence-corrected chi connectivity index (χ1v) is 3.95. The van der Waals surface area contributed by atoms with Gasteiger partial charge in [0.15, 0.2) is 0 Å². The van der Waals surface area contributed by atoms with Crippen LogP contribution in [0.1, 0.15) is 20.8 Å². The van der Waals surface area contributed by atoms with Crippen LogP contribution in [0, 0.1) is 0 Å². The van der Waals surface area contributed by atoms with Crippen LogP contribution in [-0.2, 0) is 43.4 Å². The Kier molecular flexibility index (Phi) is 66.1. The molecule has 0 aliphatic rings. The Morgan fingerprint density at radius 3 is 1.15 bits per heavy atom. The summed E-state index contributed by atoms with van der Waals surface area (Å²) in [4.78, 5) is 18.0. The summed E-state index contributed by atoms with van der Waals surface area (Å²) in [5, 5.41) is 15.9. The molecule has 2 radical (unpaired) electrons. The molecule has 0 aromatic heterocycles. The Hall–Kier alpha value is 0.446. The van der Waals surface area contributed by atoms with Crippen LogP contribution in [0.5, 0.6) is 0 Å². The Labute approximate surface area is 107 Å². The van der Waals surface area contributed by atoms with E-state index in [1.807, 2.05) is 6.92 Å². The summed E-state index contributed by atoms with van der Waals surface area (Å²) < 4.78 is 0. The van der Waals surface area contributed by atoms with Crippen LogP contribution in [0.3, 0.4) is 0 Å². The van der Waals surface area contributed by atoms with Gasteiger partial charge in [-0.1, -0.05) is 22.9 Å². The number of carbonyl (C=O) groups is 2. The van der Waals surface area contributed by atoms with E-state index in [4.69, 9.17) is 19.8 Å². The molecule has 0 rings (SSSR count). The van der Waals surface area contributed by atoms with Crippen molar-refractivity contribution in [3.05, 3.63) is 0 Å². The van der Waals surface area contributed by atoms with Crippen LogP contribution in [0.15, 0.2) is 0 Å². The Morgan fingerprint density at radius 1 is 1.15 bits per heavy atom. The molecule has 0 heterocycles. The summed E-state index contributed by atoms with van der Waals surface area (Å²) in [5.74, 6) is -1.67. The molecule has 0 unspecified atom stereocenters. The van der Waals surface area contributed by atoms with Gasteiger partial charge >= 0.3 is 0 Å². The Morgan fingerprint density at radius 2 is 1.15 bits per heavy atom. The summed E-state index contributed by atoms with van der Waals surface area (Å²) in [7, 11) is 0. The third-order valence-electron chi connectivity index (χ3n) is 0. The molecule has 0 spiro atoms. The second-order valence-corrected chi connectivity index (χ2v) is 2.43. The third-order valence-corrected chi connectivity index (χ3v) is 0. The SMILES string of the molecule is CC(=O)O.CC(=O)O.CCBr.[Co].[Mn]. The number of halogens is 1. The van der Waals surface area contributed by atoms with E-state index in [9.17, 15) is 0 Å². The van der Waals surface area contributed by atoms with E-state index >= 15 is 0 Å². The summed E-state index contributed by atoms with van der Waals surface area (Å²) in [6.07, 6.45) is 0. The number of carboxylic acid groups (broad SMARTS) is 2. The molecular weight excluding hydrogens is 330 g/mol. The minimum Gasteiger partial charge on any atom is -0.481 e. The quantitative estimate of drug-likeness (QED) is 0.517. The molecule has 0 bridgehead atoms. The third kappa shape index (κ3) is 6830. The maximum Gasteiger partial charge on any atom is 0.300 e. The van der Waals surface area contributed by atoms with E-state index < -0.39 is 11.9 Å². The number of hydrogen-bond acceptors (Lipinski definition) is 2. The molecule has 0 amide bonds. The smallest absolute Gasteiger partial charge is 0.300 e. The van der Waals surface area contributed by atoms with E-state index in [0.29, 0.717) is 0 Å². The minimum atomic E-state index is -0.833. The van der Waals surface area contributed by atoms with Gasteiger partial charge in [0, 0.05) is 53.0 Å². The van der Waals surface area contributed by atoms with Gasteiger partial charge in [0.2, 0.25) is 0 Å². The normalized spacial score (nSPS) is 5.23. The molecule has 0 fully saturated rings. The van der Waals surface area contributed by atoms with E-state index in [0.717, 1.165) is 19.2 Å². The second-order valence-electron chi connectivity index (χ2n) is 1.31. The predicted octanol–water partition coefficient (Wildman–Crippen LogP) is 1.58. The number of aliphatic carboxylic acids is 2. The van der Waals surface area contributed by atoms with Gasteiger partial charge in [-0.3, -0.25) is 9.59 Å². The molecule has 0 atom stereocenters. The first-order chi connectivity index (χ1) is 4.88. The minimum absolute atomic E-state index is 0. The van der Waals surface area contributed by atoms with E-state index in [1.165, 1.54) is 0 Å². The number of alkyl halides is 1. The summed E-state index contributed by atoms with van der Waals surface area (Å²) in [6, 6.07) is 0. The van der Waals surface area contributed by atoms with Gasteiger partial charge in [-0.15, -0.1) is 0 Å². The fourth-order valence-corrected chi connectivity index (χ4v) is 0. The van der Waals surface area contributed by atoms with Gasteiger partial charge in [0.1, 0.15) is 0 Å². The molecule has 0 saturated carbocycles. The monoisotopic (exact) mass is 342 g/mol. The van der Waals surface area contributed by atoms with Gasteiger partial charge in [-0.25, -0.2) is 0 Å². The van der Waals surface area contributed by atoms with Crippen LogP contribution in [-0.4, -0.2) is 27.5 Å². The van der Waals surface area contributed by atoms with Crippen LogP contribution in [0.4, 0.5) is 0 Å². The van der Waals surface area contributed by atoms with Crippen LogP contribution >= 0.6 is 15.9 Å². The molecule has 0 saturated heterocycles. The van der Waals surface area contributed by atoms with Crippen molar-refractivity contribution in [2.45, 2.75) is 20.8 Å². The van der Waals surface area contributed by atoms with Crippen molar-refractivity contribution in [1.82, 2.24) is 0 Å². The molecule has 0 aromatic carbocycles. The molecule has 0 aliphatic heterocycles. The van der Waals surface area contributed by atoms with Gasteiger partial charge in [0.25, 0.3) is 11.9 Å². The van der Waals surface area contributed by atoms with E-state index in [-0.39, 0.29) is 33.8 Å². The average molecular weight is 343 g/mol. The van der Waals surface area contributed by atoms with Crippen molar-refractivity contribution < 1.29 is 53.6 Å². The largest absolute Gasteiger partial charge is 0.481 e. The zero-order chi connectivity index (χ0) is 9.86. The molecule has 13 heavy (non-hydrogen) atoms. The average Bonchev–Trinajstić information content (AvgIpc) is 1.60. The van der Waals surface area contributed by atoms with Crippen LogP contribution in [0.2, 0.25) is 0 Å². The zero-order valence-corrected chi connectivity index (χ0v) is 11.3. The standard InChI is InChI=1S/C2H5Br.2C2H4O2.Co.Mn/c1-2-3;2*1-2(3)4;;/h2H2,1H3;2*1H3,(H,3,4);;. The molecule has 2 N–H and O–H groups in total. The maximum atomic E-state index is 9.00. The molecular formula is C6H13BrCoMnO4. The Balaban J connectivity index is -0.0000000231. The van der Waals surface area contributed by atoms with Gasteiger partial charge in [-0.2, -0.15) is 0 Å². The number of rotatable bonds is 0. The van der Waals surface area contributed by atoms with E-state index in [2.05, 4.69) is 15.9 Å². The maximum absolute atomic E-state index is 9.00. The van der Waals surface area contributed by atoms with Crippen molar-refractivity contribution in [2.75, 3.05) is 5.33 Å². The first-order valence-electron chi connectivity index (χ1n) is 2.83. The predicted molar refractivity (Wildman–Crippen MR) is 46.1 cm³/mol. The molecule has 7 heteroatoms.